The maximum atomic E-state index is 13.6. The summed E-state index contributed by atoms with van der Waals surface area (Å²) in [6, 6.07) is 17.9. The summed E-state index contributed by atoms with van der Waals surface area (Å²) < 4.78 is 13.6. The van der Waals surface area contributed by atoms with Crippen LogP contribution in [0.4, 0.5) is 4.39 Å². The van der Waals surface area contributed by atoms with Gasteiger partial charge in [0.25, 0.3) is 0 Å². The second-order valence-corrected chi connectivity index (χ2v) is 7.68. The lowest BCUT2D eigenvalue weighted by molar-refractivity contribution is 0.0328. The lowest BCUT2D eigenvalue weighted by atomic mass is 9.86. The van der Waals surface area contributed by atoms with Crippen LogP contribution in [0.5, 0.6) is 0 Å². The van der Waals surface area contributed by atoms with Crippen LogP contribution < -0.4 is 0 Å². The lowest BCUT2D eigenvalue weighted by Gasteiger charge is -2.46. The molecule has 1 spiro atoms. The SMILES string of the molecule is Fc1cccc(CN2CCC[C@]23CCCN(Cc2ccccc2)C3)c1. The van der Waals surface area contributed by atoms with Crippen LogP contribution in [0, 0.1) is 5.82 Å². The summed E-state index contributed by atoms with van der Waals surface area (Å²) in [6.07, 6.45) is 5.06. The molecule has 2 aliphatic heterocycles. The molecule has 0 N–H and O–H groups in total. The molecule has 0 aromatic heterocycles. The van der Waals surface area contributed by atoms with Crippen molar-refractivity contribution in [1.29, 1.82) is 0 Å². The molecule has 0 radical (unpaired) electrons. The van der Waals surface area contributed by atoms with Gasteiger partial charge in [0.2, 0.25) is 0 Å². The molecule has 2 nitrogen and oxygen atoms in total. The minimum Gasteiger partial charge on any atom is -0.297 e. The van der Waals surface area contributed by atoms with E-state index in [4.69, 9.17) is 0 Å². The van der Waals surface area contributed by atoms with Crippen LogP contribution in [0.3, 0.4) is 0 Å². The maximum Gasteiger partial charge on any atom is 0.123 e. The molecule has 2 aromatic rings. The zero-order valence-corrected chi connectivity index (χ0v) is 14.8. The quantitative estimate of drug-likeness (QED) is 0.812. The van der Waals surface area contributed by atoms with Crippen LogP contribution >= 0.6 is 0 Å². The van der Waals surface area contributed by atoms with Gasteiger partial charge in [0.15, 0.2) is 0 Å². The van der Waals surface area contributed by atoms with Crippen molar-refractivity contribution in [3.8, 4) is 0 Å². The predicted molar refractivity (Wildman–Crippen MR) is 99.7 cm³/mol. The van der Waals surface area contributed by atoms with Gasteiger partial charge in [0.05, 0.1) is 0 Å². The topological polar surface area (TPSA) is 6.48 Å². The van der Waals surface area contributed by atoms with Crippen LogP contribution in [0.15, 0.2) is 54.6 Å². The summed E-state index contributed by atoms with van der Waals surface area (Å²) in [5.74, 6) is -0.125. The molecule has 0 amide bonds. The molecule has 2 fully saturated rings. The number of rotatable bonds is 4. The Hall–Kier alpha value is -1.71. The van der Waals surface area contributed by atoms with Crippen molar-refractivity contribution in [2.45, 2.75) is 44.3 Å². The van der Waals surface area contributed by atoms with Crippen molar-refractivity contribution in [3.05, 3.63) is 71.5 Å². The first-order valence-corrected chi connectivity index (χ1v) is 9.49. The Morgan fingerprint density at radius 2 is 1.60 bits per heavy atom. The van der Waals surface area contributed by atoms with E-state index in [1.165, 1.54) is 43.9 Å². The fraction of sp³-hybridized carbons (Fsp3) is 0.455. The van der Waals surface area contributed by atoms with Gasteiger partial charge in [-0.05, 0) is 62.0 Å². The Balaban J connectivity index is 1.47. The van der Waals surface area contributed by atoms with Crippen LogP contribution in [0.1, 0.15) is 36.8 Å². The van der Waals surface area contributed by atoms with Gasteiger partial charge in [0, 0.05) is 25.2 Å². The fourth-order valence-corrected chi connectivity index (χ4v) is 4.74. The number of hydrogen-bond acceptors (Lipinski definition) is 2. The summed E-state index contributed by atoms with van der Waals surface area (Å²) in [5.41, 5.74) is 2.77. The van der Waals surface area contributed by atoms with E-state index in [1.807, 2.05) is 6.07 Å². The molecule has 0 aliphatic carbocycles. The van der Waals surface area contributed by atoms with Crippen molar-refractivity contribution in [3.63, 3.8) is 0 Å². The Kier molecular flexibility index (Phi) is 4.87. The van der Waals surface area contributed by atoms with Crippen molar-refractivity contribution in [1.82, 2.24) is 9.80 Å². The van der Waals surface area contributed by atoms with Gasteiger partial charge < -0.3 is 0 Å². The average molecular weight is 338 g/mol. The monoisotopic (exact) mass is 338 g/mol. The fourth-order valence-electron chi connectivity index (χ4n) is 4.74. The normalized spacial score (nSPS) is 24.8. The highest BCUT2D eigenvalue weighted by molar-refractivity contribution is 5.18. The Labute approximate surface area is 150 Å². The van der Waals surface area contributed by atoms with E-state index in [0.717, 1.165) is 31.7 Å². The molecule has 3 heteroatoms. The van der Waals surface area contributed by atoms with Crippen molar-refractivity contribution in [2.24, 2.45) is 0 Å². The summed E-state index contributed by atoms with van der Waals surface area (Å²) in [7, 11) is 0. The van der Waals surface area contributed by atoms with Crippen LogP contribution in [0.2, 0.25) is 0 Å². The molecule has 0 saturated carbocycles. The number of halogens is 1. The van der Waals surface area contributed by atoms with E-state index in [2.05, 4.69) is 46.2 Å². The largest absolute Gasteiger partial charge is 0.297 e. The lowest BCUT2D eigenvalue weighted by Crippen LogP contribution is -2.55. The van der Waals surface area contributed by atoms with Crippen molar-refractivity contribution in [2.75, 3.05) is 19.6 Å². The number of benzene rings is 2. The molecule has 1 atom stereocenters. The van der Waals surface area contributed by atoms with Gasteiger partial charge in [-0.25, -0.2) is 4.39 Å². The van der Waals surface area contributed by atoms with E-state index in [0.29, 0.717) is 0 Å². The predicted octanol–water partition coefficient (Wildman–Crippen LogP) is 4.46. The molecular weight excluding hydrogens is 311 g/mol. The van der Waals surface area contributed by atoms with Gasteiger partial charge in [-0.2, -0.15) is 0 Å². The number of likely N-dealkylation sites (tertiary alicyclic amines) is 2. The number of hydrogen-bond donors (Lipinski definition) is 0. The average Bonchev–Trinajstić information content (AvgIpc) is 2.97. The van der Waals surface area contributed by atoms with E-state index in [1.54, 1.807) is 6.07 Å². The number of piperidine rings is 1. The molecule has 2 saturated heterocycles. The molecular formula is C22H27FN2. The zero-order valence-electron chi connectivity index (χ0n) is 14.8. The van der Waals surface area contributed by atoms with E-state index < -0.39 is 0 Å². The third-order valence-electron chi connectivity index (χ3n) is 5.89. The molecule has 2 aromatic carbocycles. The Morgan fingerprint density at radius 3 is 2.40 bits per heavy atom. The third kappa shape index (κ3) is 3.78. The third-order valence-corrected chi connectivity index (χ3v) is 5.89. The summed E-state index contributed by atoms with van der Waals surface area (Å²) in [5, 5.41) is 0. The van der Waals surface area contributed by atoms with Crippen LogP contribution in [-0.4, -0.2) is 35.0 Å². The molecule has 132 valence electrons. The first-order valence-electron chi connectivity index (χ1n) is 9.49. The second-order valence-electron chi connectivity index (χ2n) is 7.68. The molecule has 2 aliphatic rings. The number of nitrogens with zero attached hydrogens (tertiary/aromatic N) is 2. The molecule has 0 unspecified atom stereocenters. The van der Waals surface area contributed by atoms with Gasteiger partial charge >= 0.3 is 0 Å². The Morgan fingerprint density at radius 1 is 0.840 bits per heavy atom. The van der Waals surface area contributed by atoms with Crippen molar-refractivity contribution >= 4 is 0 Å². The highest BCUT2D eigenvalue weighted by atomic mass is 19.1. The first kappa shape index (κ1) is 16.7. The zero-order chi connectivity index (χ0) is 17.1. The molecule has 0 bridgehead atoms. The minimum absolute atomic E-state index is 0.125. The second kappa shape index (κ2) is 7.27. The minimum atomic E-state index is -0.125. The molecule has 4 rings (SSSR count). The van der Waals surface area contributed by atoms with Gasteiger partial charge in [-0.15, -0.1) is 0 Å². The molecule has 2 heterocycles. The Bertz CT molecular complexity index is 702. The van der Waals surface area contributed by atoms with Crippen LogP contribution in [0.25, 0.3) is 0 Å². The van der Waals surface area contributed by atoms with Crippen molar-refractivity contribution < 1.29 is 4.39 Å². The van der Waals surface area contributed by atoms with Gasteiger partial charge in [0.1, 0.15) is 5.82 Å². The van der Waals surface area contributed by atoms with Gasteiger partial charge in [-0.1, -0.05) is 42.5 Å². The maximum absolute atomic E-state index is 13.6. The summed E-state index contributed by atoms with van der Waals surface area (Å²) in [6.45, 7) is 5.37. The molecule has 25 heavy (non-hydrogen) atoms. The van der Waals surface area contributed by atoms with E-state index in [-0.39, 0.29) is 11.4 Å². The smallest absolute Gasteiger partial charge is 0.123 e. The highest BCUT2D eigenvalue weighted by Gasteiger charge is 2.43. The van der Waals surface area contributed by atoms with E-state index >= 15 is 0 Å². The highest BCUT2D eigenvalue weighted by Crippen LogP contribution is 2.38. The standard InChI is InChI=1S/C22H27FN2/c23-21-10-4-9-20(15-21)17-25-14-6-12-22(25)11-5-13-24(18-22)16-19-7-2-1-3-8-19/h1-4,7-10,15H,5-6,11-14,16-18H2/t22-/m0/s1. The van der Waals surface area contributed by atoms with Crippen LogP contribution in [-0.2, 0) is 13.1 Å². The summed E-state index contributed by atoms with van der Waals surface area (Å²) in [4.78, 5) is 5.24. The summed E-state index contributed by atoms with van der Waals surface area (Å²) >= 11 is 0. The van der Waals surface area contributed by atoms with E-state index in [9.17, 15) is 4.39 Å². The van der Waals surface area contributed by atoms with Gasteiger partial charge in [-0.3, -0.25) is 9.80 Å². The first-order chi connectivity index (χ1) is 12.2.